The van der Waals surface area contributed by atoms with Crippen molar-refractivity contribution in [2.24, 2.45) is 0 Å². The molecule has 10 heteroatoms. The molecule has 0 atom stereocenters. The summed E-state index contributed by atoms with van der Waals surface area (Å²) in [4.78, 5) is 25.7. The van der Waals surface area contributed by atoms with Crippen LogP contribution >= 0.6 is 11.3 Å². The molecule has 2 aromatic rings. The van der Waals surface area contributed by atoms with Gasteiger partial charge in [0.2, 0.25) is 15.9 Å². The van der Waals surface area contributed by atoms with Gasteiger partial charge >= 0.3 is 0 Å². The van der Waals surface area contributed by atoms with E-state index in [1.54, 1.807) is 18.2 Å². The van der Waals surface area contributed by atoms with Gasteiger partial charge in [-0.05, 0) is 36.8 Å². The molecule has 1 aliphatic rings. The fourth-order valence-corrected chi connectivity index (χ4v) is 4.97. The lowest BCUT2D eigenvalue weighted by Crippen LogP contribution is -2.40. The second-order valence-electron chi connectivity index (χ2n) is 6.53. The predicted octanol–water partition coefficient (Wildman–Crippen LogP) is 1.12. The molecule has 0 saturated carbocycles. The molecule has 0 aliphatic carbocycles. The lowest BCUT2D eigenvalue weighted by atomic mass is 10.2. The number of hydrogen-bond donors (Lipinski definition) is 2. The minimum atomic E-state index is -3.53. The fourth-order valence-electron chi connectivity index (χ4n) is 2.78. The molecule has 1 aromatic carbocycles. The van der Waals surface area contributed by atoms with Gasteiger partial charge in [-0.2, -0.15) is 4.31 Å². The summed E-state index contributed by atoms with van der Waals surface area (Å²) in [5.41, 5.74) is 0.763. The Morgan fingerprint density at radius 2 is 1.76 bits per heavy atom. The van der Waals surface area contributed by atoms with E-state index in [0.717, 1.165) is 10.4 Å². The van der Waals surface area contributed by atoms with E-state index in [1.807, 2.05) is 13.0 Å². The van der Waals surface area contributed by atoms with Gasteiger partial charge in [-0.3, -0.25) is 9.59 Å². The van der Waals surface area contributed by atoms with Crippen LogP contribution < -0.4 is 10.6 Å². The molecule has 0 radical (unpaired) electrons. The maximum absolute atomic E-state index is 12.6. The van der Waals surface area contributed by atoms with Crippen molar-refractivity contribution in [2.45, 2.75) is 18.4 Å². The van der Waals surface area contributed by atoms with Crippen LogP contribution in [0.2, 0.25) is 0 Å². The zero-order valence-corrected chi connectivity index (χ0v) is 17.6. The van der Waals surface area contributed by atoms with Crippen LogP contribution in [0, 0.1) is 6.92 Å². The maximum atomic E-state index is 12.6. The molecule has 2 N–H and O–H groups in total. The van der Waals surface area contributed by atoms with E-state index < -0.39 is 10.0 Å². The number of hydrogen-bond acceptors (Lipinski definition) is 6. The molecule has 0 spiro atoms. The number of carbonyl (C=O) groups excluding carboxylic acids is 2. The number of amides is 2. The van der Waals surface area contributed by atoms with Crippen LogP contribution in [0.1, 0.15) is 20.1 Å². The van der Waals surface area contributed by atoms with Gasteiger partial charge in [-0.15, -0.1) is 11.3 Å². The van der Waals surface area contributed by atoms with Crippen LogP contribution in [-0.4, -0.2) is 57.4 Å². The molecule has 156 valence electrons. The van der Waals surface area contributed by atoms with Crippen LogP contribution in [0.4, 0.5) is 0 Å². The number of benzene rings is 1. The van der Waals surface area contributed by atoms with E-state index in [-0.39, 0.29) is 29.8 Å². The third-order valence-corrected chi connectivity index (χ3v) is 7.31. The van der Waals surface area contributed by atoms with Crippen molar-refractivity contribution in [2.75, 3.05) is 32.8 Å². The Bertz CT molecular complexity index is 964. The smallest absolute Gasteiger partial charge is 0.261 e. The summed E-state index contributed by atoms with van der Waals surface area (Å²) in [7, 11) is -3.53. The Balaban J connectivity index is 1.48. The van der Waals surface area contributed by atoms with Crippen molar-refractivity contribution in [1.82, 2.24) is 14.9 Å². The van der Waals surface area contributed by atoms with E-state index in [0.29, 0.717) is 31.2 Å². The first kappa shape index (κ1) is 21.4. The number of thiophene rings is 1. The first-order valence-corrected chi connectivity index (χ1v) is 11.4. The summed E-state index contributed by atoms with van der Waals surface area (Å²) in [6.45, 7) is 3.50. The summed E-state index contributed by atoms with van der Waals surface area (Å²) >= 11 is 1.37. The lowest BCUT2D eigenvalue weighted by molar-refractivity contribution is -0.120. The van der Waals surface area contributed by atoms with Crippen molar-refractivity contribution in [3.8, 4) is 0 Å². The molecule has 1 aromatic heterocycles. The molecule has 1 saturated heterocycles. The molecule has 8 nitrogen and oxygen atoms in total. The molecule has 3 rings (SSSR count). The molecule has 2 heterocycles. The highest BCUT2D eigenvalue weighted by atomic mass is 32.2. The summed E-state index contributed by atoms with van der Waals surface area (Å²) < 4.78 is 31.8. The van der Waals surface area contributed by atoms with E-state index in [2.05, 4.69) is 10.6 Å². The Kier molecular flexibility index (Phi) is 7.01. The van der Waals surface area contributed by atoms with Gasteiger partial charge in [0.25, 0.3) is 5.91 Å². The van der Waals surface area contributed by atoms with E-state index in [9.17, 15) is 18.0 Å². The highest BCUT2D eigenvalue weighted by Gasteiger charge is 2.26. The first-order valence-electron chi connectivity index (χ1n) is 9.14. The van der Waals surface area contributed by atoms with Crippen molar-refractivity contribution in [3.63, 3.8) is 0 Å². The van der Waals surface area contributed by atoms with Crippen molar-refractivity contribution in [3.05, 3.63) is 51.7 Å². The minimum Gasteiger partial charge on any atom is -0.379 e. The lowest BCUT2D eigenvalue weighted by Gasteiger charge is -2.26. The summed E-state index contributed by atoms with van der Waals surface area (Å²) in [6.07, 6.45) is 0. The monoisotopic (exact) mass is 437 g/mol. The predicted molar refractivity (Wildman–Crippen MR) is 109 cm³/mol. The third-order valence-electron chi connectivity index (χ3n) is 4.39. The molecule has 2 amide bonds. The van der Waals surface area contributed by atoms with Crippen molar-refractivity contribution in [1.29, 1.82) is 0 Å². The summed E-state index contributed by atoms with van der Waals surface area (Å²) in [6, 6.07) is 9.98. The average molecular weight is 438 g/mol. The Morgan fingerprint density at radius 3 is 2.38 bits per heavy atom. The molecule has 29 heavy (non-hydrogen) atoms. The number of rotatable bonds is 7. The zero-order valence-electron chi connectivity index (χ0n) is 16.0. The van der Waals surface area contributed by atoms with E-state index >= 15 is 0 Å². The number of morpholine rings is 1. The first-order chi connectivity index (χ1) is 13.9. The number of aryl methyl sites for hydroxylation is 1. The number of sulfonamides is 1. The normalized spacial score (nSPS) is 15.1. The van der Waals surface area contributed by atoms with E-state index in [1.165, 1.54) is 27.8 Å². The Morgan fingerprint density at radius 1 is 1.07 bits per heavy atom. The largest absolute Gasteiger partial charge is 0.379 e. The second kappa shape index (κ2) is 9.49. The maximum Gasteiger partial charge on any atom is 0.261 e. The topological polar surface area (TPSA) is 105 Å². The zero-order chi connectivity index (χ0) is 20.9. The van der Waals surface area contributed by atoms with Gasteiger partial charge in [0, 0.05) is 24.5 Å². The third kappa shape index (κ3) is 5.63. The Hall–Kier alpha value is -2.27. The van der Waals surface area contributed by atoms with Crippen LogP contribution in [0.15, 0.2) is 41.3 Å². The average Bonchev–Trinajstić information content (AvgIpc) is 3.18. The summed E-state index contributed by atoms with van der Waals surface area (Å²) in [5, 5.41) is 5.28. The van der Waals surface area contributed by atoms with Crippen LogP contribution in [-0.2, 0) is 26.1 Å². The number of carbonyl (C=O) groups is 2. The van der Waals surface area contributed by atoms with Gasteiger partial charge in [0.05, 0.1) is 29.5 Å². The van der Waals surface area contributed by atoms with Gasteiger partial charge in [-0.25, -0.2) is 8.42 Å². The van der Waals surface area contributed by atoms with Crippen LogP contribution in [0.5, 0.6) is 0 Å². The Labute approximate surface area is 173 Å². The van der Waals surface area contributed by atoms with E-state index in [4.69, 9.17) is 4.74 Å². The van der Waals surface area contributed by atoms with Gasteiger partial charge in [0.15, 0.2) is 0 Å². The van der Waals surface area contributed by atoms with Crippen LogP contribution in [0.25, 0.3) is 0 Å². The molecular weight excluding hydrogens is 414 g/mol. The molecular formula is C19H23N3O5S2. The number of ether oxygens (including phenoxy) is 1. The molecule has 0 bridgehead atoms. The van der Waals surface area contributed by atoms with Crippen molar-refractivity contribution >= 4 is 33.2 Å². The molecule has 1 fully saturated rings. The van der Waals surface area contributed by atoms with Gasteiger partial charge < -0.3 is 15.4 Å². The van der Waals surface area contributed by atoms with Gasteiger partial charge in [0.1, 0.15) is 0 Å². The highest BCUT2D eigenvalue weighted by molar-refractivity contribution is 7.89. The summed E-state index contributed by atoms with van der Waals surface area (Å²) in [5.74, 6) is -0.604. The fraction of sp³-hybridized carbons (Fsp3) is 0.368. The van der Waals surface area contributed by atoms with Crippen molar-refractivity contribution < 1.29 is 22.7 Å². The van der Waals surface area contributed by atoms with Gasteiger partial charge in [-0.1, -0.05) is 12.1 Å². The second-order valence-corrected chi connectivity index (χ2v) is 9.76. The minimum absolute atomic E-state index is 0.126. The molecule has 0 unspecified atom stereocenters. The standard InChI is InChI=1S/C19H23N3O5S2/c1-14-2-7-17(28-14)19(24)21-13-18(23)20-12-15-3-5-16(6-4-15)29(25,26)22-8-10-27-11-9-22/h2-7H,8-13H2,1H3,(H,20,23)(H,21,24). The SMILES string of the molecule is Cc1ccc(C(=O)NCC(=O)NCc2ccc(S(=O)(=O)N3CCOCC3)cc2)s1. The number of nitrogens with one attached hydrogen (secondary N) is 2. The highest BCUT2D eigenvalue weighted by Crippen LogP contribution is 2.18. The van der Waals surface area contributed by atoms with Crippen LogP contribution in [0.3, 0.4) is 0 Å². The molecule has 1 aliphatic heterocycles. The number of nitrogens with zero attached hydrogens (tertiary/aromatic N) is 1. The quantitative estimate of drug-likeness (QED) is 0.676.